The number of fused-ring (bicyclic) bond motifs is 1. The number of piperidine rings is 1. The summed E-state index contributed by atoms with van der Waals surface area (Å²) in [7, 11) is -3.63. The van der Waals surface area contributed by atoms with Gasteiger partial charge in [-0.2, -0.15) is 4.31 Å². The lowest BCUT2D eigenvalue weighted by atomic mass is 10.1. The molecule has 0 bridgehead atoms. The van der Waals surface area contributed by atoms with E-state index >= 15 is 0 Å². The van der Waals surface area contributed by atoms with Crippen LogP contribution in [-0.4, -0.2) is 52.7 Å². The first-order valence-electron chi connectivity index (χ1n) is 10.7. The van der Waals surface area contributed by atoms with Crippen LogP contribution in [0.3, 0.4) is 0 Å². The predicted octanol–water partition coefficient (Wildman–Crippen LogP) is 2.82. The molecule has 30 heavy (non-hydrogen) atoms. The molecule has 7 nitrogen and oxygen atoms in total. The van der Waals surface area contributed by atoms with Crippen LogP contribution in [0.25, 0.3) is 0 Å². The molecule has 2 aromatic rings. The molecule has 0 saturated carbocycles. The zero-order chi connectivity index (χ0) is 21.5. The van der Waals surface area contributed by atoms with Crippen molar-refractivity contribution in [1.29, 1.82) is 0 Å². The number of sulfonamides is 1. The summed E-state index contributed by atoms with van der Waals surface area (Å²) < 4.78 is 30.2. The molecule has 0 unspecified atom stereocenters. The van der Waals surface area contributed by atoms with Gasteiger partial charge in [-0.05, 0) is 63.3 Å². The number of amides is 1. The number of rotatable bonds is 4. The molecular formula is C22H30N4O3S. The first kappa shape index (κ1) is 21.1. The molecular weight excluding hydrogens is 400 g/mol. The molecule has 0 spiro atoms. The van der Waals surface area contributed by atoms with E-state index in [9.17, 15) is 13.2 Å². The monoisotopic (exact) mass is 430 g/mol. The zero-order valence-corrected chi connectivity index (χ0v) is 18.8. The van der Waals surface area contributed by atoms with Crippen molar-refractivity contribution >= 4 is 15.9 Å². The molecule has 2 aliphatic heterocycles. The summed E-state index contributed by atoms with van der Waals surface area (Å²) in [4.78, 5) is 19.5. The molecule has 0 aliphatic carbocycles. The Morgan fingerprint density at radius 3 is 2.37 bits per heavy atom. The maximum atomic E-state index is 13.3. The molecule has 8 heteroatoms. The smallest absolute Gasteiger partial charge is 0.243 e. The van der Waals surface area contributed by atoms with Crippen LogP contribution < -0.4 is 0 Å². The van der Waals surface area contributed by atoms with E-state index in [1.165, 1.54) is 10.7 Å². The van der Waals surface area contributed by atoms with Crippen LogP contribution in [0, 0.1) is 13.8 Å². The van der Waals surface area contributed by atoms with E-state index in [4.69, 9.17) is 0 Å². The minimum atomic E-state index is -3.63. The number of nitrogens with zero attached hydrogens (tertiary/aromatic N) is 4. The van der Waals surface area contributed by atoms with Gasteiger partial charge >= 0.3 is 0 Å². The van der Waals surface area contributed by atoms with Crippen molar-refractivity contribution in [3.8, 4) is 0 Å². The van der Waals surface area contributed by atoms with E-state index in [0.29, 0.717) is 23.8 Å². The fourth-order valence-electron chi connectivity index (χ4n) is 4.57. The van der Waals surface area contributed by atoms with E-state index in [0.717, 1.165) is 42.8 Å². The van der Waals surface area contributed by atoms with Gasteiger partial charge in [-0.25, -0.2) is 13.4 Å². The van der Waals surface area contributed by atoms with E-state index in [1.54, 1.807) is 12.1 Å². The quantitative estimate of drug-likeness (QED) is 0.748. The molecule has 0 N–H and O–H groups in total. The van der Waals surface area contributed by atoms with Gasteiger partial charge in [0, 0.05) is 32.4 Å². The Balaban J connectivity index is 1.55. The maximum absolute atomic E-state index is 13.3. The Morgan fingerprint density at radius 2 is 1.70 bits per heavy atom. The molecule has 3 heterocycles. The molecule has 162 valence electrons. The Bertz CT molecular complexity index is 1030. The maximum Gasteiger partial charge on any atom is 0.243 e. The number of hydrogen-bond acceptors (Lipinski definition) is 4. The van der Waals surface area contributed by atoms with E-state index < -0.39 is 10.0 Å². The number of carbonyl (C=O) groups excluding carboxylic acids is 1. The number of imidazole rings is 1. The highest BCUT2D eigenvalue weighted by Gasteiger charge is 2.36. The fraction of sp³-hybridized carbons (Fsp3) is 0.545. The molecule has 1 atom stereocenters. The van der Waals surface area contributed by atoms with Crippen molar-refractivity contribution in [1.82, 2.24) is 18.8 Å². The summed E-state index contributed by atoms with van der Waals surface area (Å²) in [6.45, 7) is 8.26. The first-order chi connectivity index (χ1) is 14.3. The molecule has 0 radical (unpaired) electrons. The van der Waals surface area contributed by atoms with Gasteiger partial charge in [0.25, 0.3) is 0 Å². The van der Waals surface area contributed by atoms with Gasteiger partial charge in [0.1, 0.15) is 5.82 Å². The summed E-state index contributed by atoms with van der Waals surface area (Å²) in [6, 6.07) is 5.03. The zero-order valence-electron chi connectivity index (χ0n) is 18.0. The summed E-state index contributed by atoms with van der Waals surface area (Å²) in [5, 5.41) is 0. The molecule has 1 fully saturated rings. The van der Waals surface area contributed by atoms with E-state index in [1.807, 2.05) is 42.5 Å². The van der Waals surface area contributed by atoms with Gasteiger partial charge in [0.2, 0.25) is 15.9 Å². The number of carbonyl (C=O) groups is 1. The average molecular weight is 431 g/mol. The van der Waals surface area contributed by atoms with Crippen LogP contribution in [0.4, 0.5) is 0 Å². The SMILES string of the molecule is Cc1cc(C)cc(S(=O)(=O)N2CCn3cc(CC(=O)N4CCCCC4)nc3[C@H]2C)c1. The highest BCUT2D eigenvalue weighted by molar-refractivity contribution is 7.89. The Hall–Kier alpha value is -2.19. The number of benzene rings is 1. The molecule has 2 aliphatic rings. The number of aryl methyl sites for hydroxylation is 2. The van der Waals surface area contributed by atoms with Gasteiger partial charge in [-0.1, -0.05) is 6.07 Å². The van der Waals surface area contributed by atoms with Gasteiger partial charge in [0.05, 0.1) is 23.1 Å². The van der Waals surface area contributed by atoms with Crippen molar-refractivity contribution in [3.05, 3.63) is 47.0 Å². The van der Waals surface area contributed by atoms with Crippen molar-refractivity contribution in [3.63, 3.8) is 0 Å². The summed E-state index contributed by atoms with van der Waals surface area (Å²) >= 11 is 0. The second-order valence-electron chi connectivity index (χ2n) is 8.52. The van der Waals surface area contributed by atoms with Crippen molar-refractivity contribution < 1.29 is 13.2 Å². The van der Waals surface area contributed by atoms with Gasteiger partial charge < -0.3 is 9.47 Å². The van der Waals surface area contributed by atoms with Crippen molar-refractivity contribution in [2.45, 2.75) is 63.9 Å². The third kappa shape index (κ3) is 4.03. The Labute approximate surface area is 178 Å². The van der Waals surface area contributed by atoms with E-state index in [-0.39, 0.29) is 18.4 Å². The topological polar surface area (TPSA) is 75.5 Å². The van der Waals surface area contributed by atoms with E-state index in [2.05, 4.69) is 4.98 Å². The Morgan fingerprint density at radius 1 is 1.03 bits per heavy atom. The second kappa shape index (κ2) is 8.15. The van der Waals surface area contributed by atoms with Crippen LogP contribution in [0.2, 0.25) is 0 Å². The molecule has 1 amide bonds. The van der Waals surface area contributed by atoms with Crippen LogP contribution >= 0.6 is 0 Å². The predicted molar refractivity (Wildman–Crippen MR) is 115 cm³/mol. The summed E-state index contributed by atoms with van der Waals surface area (Å²) in [6.07, 6.45) is 5.50. The highest BCUT2D eigenvalue weighted by Crippen LogP contribution is 2.31. The lowest BCUT2D eigenvalue weighted by Gasteiger charge is -2.32. The van der Waals surface area contributed by atoms with Gasteiger partial charge in [-0.3, -0.25) is 4.79 Å². The summed E-state index contributed by atoms with van der Waals surface area (Å²) in [5.74, 6) is 0.813. The molecule has 4 rings (SSSR count). The number of aromatic nitrogens is 2. The standard InChI is InChI=1S/C22H30N4O3S/c1-16-11-17(2)13-20(12-16)30(28,29)26-10-9-25-15-19(23-22(25)18(26)3)14-21(27)24-7-5-4-6-8-24/h11-13,15,18H,4-10,14H2,1-3H3/t18-/m1/s1. The minimum absolute atomic E-state index is 0.109. The number of hydrogen-bond donors (Lipinski definition) is 0. The molecule has 1 aromatic carbocycles. The molecule has 1 saturated heterocycles. The summed E-state index contributed by atoms with van der Waals surface area (Å²) in [5.41, 5.74) is 2.58. The van der Waals surface area contributed by atoms with Crippen LogP contribution in [0.1, 0.15) is 54.9 Å². The normalized spacial score (nSPS) is 20.2. The highest BCUT2D eigenvalue weighted by atomic mass is 32.2. The molecule has 1 aromatic heterocycles. The van der Waals surface area contributed by atoms with Crippen molar-refractivity contribution in [2.24, 2.45) is 0 Å². The lowest BCUT2D eigenvalue weighted by Crippen LogP contribution is -2.41. The first-order valence-corrected chi connectivity index (χ1v) is 12.1. The van der Waals surface area contributed by atoms with Crippen LogP contribution in [-0.2, 0) is 27.8 Å². The van der Waals surface area contributed by atoms with Crippen LogP contribution in [0.15, 0.2) is 29.3 Å². The van der Waals surface area contributed by atoms with Crippen molar-refractivity contribution in [2.75, 3.05) is 19.6 Å². The third-order valence-corrected chi connectivity index (χ3v) is 8.01. The average Bonchev–Trinajstić information content (AvgIpc) is 3.11. The Kier molecular flexibility index (Phi) is 5.72. The minimum Gasteiger partial charge on any atom is -0.342 e. The largest absolute Gasteiger partial charge is 0.342 e. The lowest BCUT2D eigenvalue weighted by molar-refractivity contribution is -0.131. The van der Waals surface area contributed by atoms with Gasteiger partial charge in [0.15, 0.2) is 0 Å². The second-order valence-corrected chi connectivity index (χ2v) is 10.4. The third-order valence-electron chi connectivity index (χ3n) is 6.07. The van der Waals surface area contributed by atoms with Gasteiger partial charge in [-0.15, -0.1) is 0 Å². The fourth-order valence-corrected chi connectivity index (χ4v) is 6.34. The van der Waals surface area contributed by atoms with Crippen LogP contribution in [0.5, 0.6) is 0 Å². The number of likely N-dealkylation sites (tertiary alicyclic amines) is 1.